The molecule has 0 heterocycles. The molecule has 4 nitrogen and oxygen atoms in total. The number of nitro benzene ring substituents is 1. The summed E-state index contributed by atoms with van der Waals surface area (Å²) < 4.78 is 5.68. The van der Waals surface area contributed by atoms with E-state index in [0.717, 1.165) is 12.0 Å². The molecule has 22 heavy (non-hydrogen) atoms. The van der Waals surface area contributed by atoms with Gasteiger partial charge in [-0.3, -0.25) is 10.1 Å². The van der Waals surface area contributed by atoms with E-state index in [1.807, 2.05) is 18.2 Å². The van der Waals surface area contributed by atoms with Gasteiger partial charge in [0.15, 0.2) is 0 Å². The molecule has 0 aliphatic carbocycles. The Hall–Kier alpha value is -2.07. The second kappa shape index (κ2) is 6.36. The van der Waals surface area contributed by atoms with Crippen molar-refractivity contribution in [1.29, 1.82) is 0 Å². The lowest BCUT2D eigenvalue weighted by molar-refractivity contribution is -0.385. The Morgan fingerprint density at radius 2 is 1.91 bits per heavy atom. The summed E-state index contributed by atoms with van der Waals surface area (Å²) in [5, 5.41) is 11.5. The first-order valence-corrected chi connectivity index (χ1v) is 7.33. The third-order valence-electron chi connectivity index (χ3n) is 2.98. The van der Waals surface area contributed by atoms with Crippen molar-refractivity contribution in [3.8, 4) is 11.5 Å². The highest BCUT2D eigenvalue weighted by atomic mass is 35.5. The van der Waals surface area contributed by atoms with E-state index < -0.39 is 4.92 Å². The van der Waals surface area contributed by atoms with Crippen LogP contribution in [0.5, 0.6) is 11.5 Å². The molecular weight excluding hydrogens is 302 g/mol. The zero-order valence-corrected chi connectivity index (χ0v) is 13.6. The predicted molar refractivity (Wildman–Crippen MR) is 87.8 cm³/mol. The Labute approximate surface area is 134 Å². The molecule has 0 fully saturated rings. The van der Waals surface area contributed by atoms with Crippen LogP contribution in [0.15, 0.2) is 42.5 Å². The van der Waals surface area contributed by atoms with Gasteiger partial charge in [-0.2, -0.15) is 0 Å². The smallest absolute Gasteiger partial charge is 0.311 e. The van der Waals surface area contributed by atoms with Crippen LogP contribution in [-0.2, 0) is 6.42 Å². The number of nitro groups is 1. The first-order valence-electron chi connectivity index (χ1n) is 6.95. The monoisotopic (exact) mass is 319 g/mol. The molecule has 0 bridgehead atoms. The van der Waals surface area contributed by atoms with Crippen LogP contribution in [0.4, 0.5) is 5.69 Å². The van der Waals surface area contributed by atoms with Gasteiger partial charge in [-0.05, 0) is 35.6 Å². The maximum atomic E-state index is 11.1. The molecule has 0 unspecified atom stereocenters. The van der Waals surface area contributed by atoms with Crippen LogP contribution in [0, 0.1) is 15.5 Å². The zero-order chi connectivity index (χ0) is 16.3. The molecule has 0 spiro atoms. The summed E-state index contributed by atoms with van der Waals surface area (Å²) in [6, 6.07) is 11.8. The first kappa shape index (κ1) is 16.3. The first-order chi connectivity index (χ1) is 10.2. The lowest BCUT2D eigenvalue weighted by Crippen LogP contribution is -2.08. The molecular formula is C17H18ClNO3. The lowest BCUT2D eigenvalue weighted by atomic mass is 9.88. The molecule has 0 amide bonds. The van der Waals surface area contributed by atoms with E-state index in [1.54, 1.807) is 6.07 Å². The van der Waals surface area contributed by atoms with Crippen molar-refractivity contribution in [3.05, 3.63) is 63.2 Å². The highest BCUT2D eigenvalue weighted by Gasteiger charge is 2.17. The minimum Gasteiger partial charge on any atom is -0.450 e. The van der Waals surface area contributed by atoms with Gasteiger partial charge in [0.1, 0.15) is 5.75 Å². The number of nitrogens with zero attached hydrogens (tertiary/aromatic N) is 1. The Morgan fingerprint density at radius 1 is 1.18 bits per heavy atom. The number of ether oxygens (including phenoxy) is 1. The topological polar surface area (TPSA) is 52.4 Å². The summed E-state index contributed by atoms with van der Waals surface area (Å²) >= 11 is 5.90. The van der Waals surface area contributed by atoms with Crippen LogP contribution in [0.1, 0.15) is 26.3 Å². The van der Waals surface area contributed by atoms with Crippen molar-refractivity contribution < 1.29 is 9.66 Å². The van der Waals surface area contributed by atoms with E-state index in [0.29, 0.717) is 10.8 Å². The third kappa shape index (κ3) is 4.46. The lowest BCUT2D eigenvalue weighted by Gasteiger charge is -2.18. The van der Waals surface area contributed by atoms with Gasteiger partial charge in [-0.15, -0.1) is 0 Å². The van der Waals surface area contributed by atoms with Gasteiger partial charge < -0.3 is 4.74 Å². The second-order valence-electron chi connectivity index (χ2n) is 6.36. The number of hydrogen-bond acceptors (Lipinski definition) is 3. The summed E-state index contributed by atoms with van der Waals surface area (Å²) in [6.07, 6.45) is 0.891. The summed E-state index contributed by atoms with van der Waals surface area (Å²) in [5.74, 6) is 0.706. The highest BCUT2D eigenvalue weighted by Crippen LogP contribution is 2.34. The molecule has 5 heteroatoms. The normalized spacial score (nSPS) is 11.3. The SMILES string of the molecule is CC(C)(C)Cc1cccc(Oc2cc(Cl)ccc2[N+](=O)[O-])c1. The molecule has 2 aromatic rings. The van der Waals surface area contributed by atoms with Crippen LogP contribution in [0.25, 0.3) is 0 Å². The fourth-order valence-electron chi connectivity index (χ4n) is 2.18. The molecule has 0 saturated carbocycles. The van der Waals surface area contributed by atoms with E-state index >= 15 is 0 Å². The number of hydrogen-bond donors (Lipinski definition) is 0. The summed E-state index contributed by atoms with van der Waals surface area (Å²) in [5.41, 5.74) is 1.17. The molecule has 0 atom stereocenters. The molecule has 0 saturated heterocycles. The fourth-order valence-corrected chi connectivity index (χ4v) is 2.34. The summed E-state index contributed by atoms with van der Waals surface area (Å²) in [7, 11) is 0. The highest BCUT2D eigenvalue weighted by molar-refractivity contribution is 6.30. The van der Waals surface area contributed by atoms with Crippen molar-refractivity contribution in [1.82, 2.24) is 0 Å². The number of halogens is 1. The molecule has 0 aliphatic heterocycles. The second-order valence-corrected chi connectivity index (χ2v) is 6.79. The molecule has 0 aliphatic rings. The van der Waals surface area contributed by atoms with Gasteiger partial charge in [0.05, 0.1) is 4.92 Å². The van der Waals surface area contributed by atoms with Crippen LogP contribution in [0.3, 0.4) is 0 Å². The standard InChI is InChI=1S/C17H18ClNO3/c1-17(2,3)11-12-5-4-6-14(9-12)22-16-10-13(18)7-8-15(16)19(20)21/h4-10H,11H2,1-3H3. The molecule has 116 valence electrons. The Bertz CT molecular complexity index is 693. The Morgan fingerprint density at radius 3 is 2.55 bits per heavy atom. The van der Waals surface area contributed by atoms with E-state index in [2.05, 4.69) is 20.8 Å². The predicted octanol–water partition coefficient (Wildman–Crippen LogP) is 5.63. The van der Waals surface area contributed by atoms with Crippen LogP contribution < -0.4 is 4.74 Å². The van der Waals surface area contributed by atoms with Crippen LogP contribution >= 0.6 is 11.6 Å². The fraction of sp³-hybridized carbons (Fsp3) is 0.294. The quantitative estimate of drug-likeness (QED) is 0.542. The summed E-state index contributed by atoms with van der Waals surface area (Å²) in [4.78, 5) is 10.6. The molecule has 0 radical (unpaired) electrons. The number of rotatable bonds is 4. The van der Waals surface area contributed by atoms with Gasteiger partial charge in [0, 0.05) is 17.2 Å². The van der Waals surface area contributed by atoms with E-state index in [9.17, 15) is 10.1 Å². The van der Waals surface area contributed by atoms with Gasteiger partial charge in [0.2, 0.25) is 5.75 Å². The van der Waals surface area contributed by atoms with Crippen LogP contribution in [0.2, 0.25) is 5.02 Å². The Kier molecular flexibility index (Phi) is 4.71. The van der Waals surface area contributed by atoms with Gasteiger partial charge in [0.25, 0.3) is 0 Å². The van der Waals surface area contributed by atoms with Crippen molar-refractivity contribution in [2.24, 2.45) is 5.41 Å². The molecule has 2 aromatic carbocycles. The Balaban J connectivity index is 2.30. The minimum absolute atomic E-state index is 0.106. The maximum absolute atomic E-state index is 11.1. The van der Waals surface area contributed by atoms with Crippen molar-refractivity contribution in [2.75, 3.05) is 0 Å². The van der Waals surface area contributed by atoms with Crippen LogP contribution in [-0.4, -0.2) is 4.92 Å². The maximum Gasteiger partial charge on any atom is 0.311 e. The van der Waals surface area contributed by atoms with Crippen molar-refractivity contribution >= 4 is 17.3 Å². The largest absolute Gasteiger partial charge is 0.450 e. The van der Waals surface area contributed by atoms with Crippen molar-refractivity contribution in [3.63, 3.8) is 0 Å². The minimum atomic E-state index is -0.481. The number of benzene rings is 2. The van der Waals surface area contributed by atoms with Gasteiger partial charge >= 0.3 is 5.69 Å². The van der Waals surface area contributed by atoms with E-state index in [1.165, 1.54) is 18.2 Å². The summed E-state index contributed by atoms with van der Waals surface area (Å²) in [6.45, 7) is 6.47. The van der Waals surface area contributed by atoms with Crippen molar-refractivity contribution in [2.45, 2.75) is 27.2 Å². The van der Waals surface area contributed by atoms with Gasteiger partial charge in [-0.1, -0.05) is 44.5 Å². The molecule has 0 N–H and O–H groups in total. The average molecular weight is 320 g/mol. The molecule has 0 aromatic heterocycles. The van der Waals surface area contributed by atoms with E-state index in [4.69, 9.17) is 16.3 Å². The zero-order valence-electron chi connectivity index (χ0n) is 12.8. The third-order valence-corrected chi connectivity index (χ3v) is 3.21. The molecule has 2 rings (SSSR count). The van der Waals surface area contributed by atoms with E-state index in [-0.39, 0.29) is 16.9 Å². The average Bonchev–Trinajstić information content (AvgIpc) is 2.36. The van der Waals surface area contributed by atoms with Gasteiger partial charge in [-0.25, -0.2) is 0 Å².